The van der Waals surface area contributed by atoms with Crippen LogP contribution in [0.2, 0.25) is 5.02 Å². The Morgan fingerprint density at radius 1 is 1.03 bits per heavy atom. The number of carbonyl (C=O) groups excluding carboxylic acids is 3. The molecule has 0 radical (unpaired) electrons. The number of halogens is 1. The summed E-state index contributed by atoms with van der Waals surface area (Å²) in [7, 11) is 1.53. The molecular formula is C20H21ClN4O4. The Balaban J connectivity index is 1.85. The van der Waals surface area contributed by atoms with E-state index in [1.165, 1.54) is 7.11 Å². The lowest BCUT2D eigenvalue weighted by atomic mass is 10.2. The average molecular weight is 417 g/mol. The van der Waals surface area contributed by atoms with Crippen molar-refractivity contribution in [1.82, 2.24) is 5.43 Å². The number of rotatable bonds is 6. The summed E-state index contributed by atoms with van der Waals surface area (Å²) >= 11 is 5.98. The van der Waals surface area contributed by atoms with Gasteiger partial charge in [0.15, 0.2) is 0 Å². The molecule has 0 bridgehead atoms. The van der Waals surface area contributed by atoms with Crippen molar-refractivity contribution in [3.8, 4) is 5.75 Å². The molecular weight excluding hydrogens is 396 g/mol. The summed E-state index contributed by atoms with van der Waals surface area (Å²) < 4.78 is 5.09. The second-order valence-electron chi connectivity index (χ2n) is 6.16. The minimum Gasteiger partial charge on any atom is -0.497 e. The highest BCUT2D eigenvalue weighted by molar-refractivity contribution is 6.40. The Labute approximate surface area is 173 Å². The molecule has 2 aromatic carbocycles. The molecule has 2 aromatic rings. The summed E-state index contributed by atoms with van der Waals surface area (Å²) in [5.74, 6) is -1.58. The number of hydrogen-bond acceptors (Lipinski definition) is 5. The zero-order valence-electron chi connectivity index (χ0n) is 16.2. The number of benzene rings is 2. The second kappa shape index (κ2) is 10.2. The SMILES string of the molecule is COc1cccc(NC(=O)C/C(C)=N/NC(=O)C(=O)Nc2ccc(C)c(Cl)c2)c1. The maximum Gasteiger partial charge on any atom is 0.329 e. The van der Waals surface area contributed by atoms with Crippen LogP contribution in [-0.2, 0) is 14.4 Å². The molecule has 0 aromatic heterocycles. The average Bonchev–Trinajstić information content (AvgIpc) is 2.68. The van der Waals surface area contributed by atoms with Crippen molar-refractivity contribution in [2.75, 3.05) is 17.7 Å². The third-order valence-corrected chi connectivity index (χ3v) is 4.16. The standard InChI is InChI=1S/C20H21ClN4O4/c1-12-7-8-15(11-17(12)21)23-19(27)20(28)25-24-13(2)9-18(26)22-14-5-4-6-16(10-14)29-3/h4-8,10-11H,9H2,1-3H3,(H,22,26)(H,23,27)(H,25,28)/b24-13+. The van der Waals surface area contributed by atoms with Crippen LogP contribution < -0.4 is 20.8 Å². The van der Waals surface area contributed by atoms with Crippen LogP contribution in [0.4, 0.5) is 11.4 Å². The number of hydrogen-bond donors (Lipinski definition) is 3. The number of ether oxygens (including phenoxy) is 1. The van der Waals surface area contributed by atoms with E-state index < -0.39 is 11.8 Å². The Morgan fingerprint density at radius 2 is 1.76 bits per heavy atom. The van der Waals surface area contributed by atoms with Crippen molar-refractivity contribution < 1.29 is 19.1 Å². The first kappa shape index (κ1) is 21.9. The molecule has 0 spiro atoms. The van der Waals surface area contributed by atoms with E-state index in [9.17, 15) is 14.4 Å². The Kier molecular flexibility index (Phi) is 7.73. The van der Waals surface area contributed by atoms with Crippen molar-refractivity contribution in [1.29, 1.82) is 0 Å². The van der Waals surface area contributed by atoms with E-state index >= 15 is 0 Å². The quantitative estimate of drug-likeness (QED) is 0.382. The molecule has 0 heterocycles. The minimum absolute atomic E-state index is 0.0628. The van der Waals surface area contributed by atoms with E-state index in [4.69, 9.17) is 16.3 Å². The fourth-order valence-electron chi connectivity index (χ4n) is 2.23. The maximum absolute atomic E-state index is 12.1. The lowest BCUT2D eigenvalue weighted by Crippen LogP contribution is -2.33. The first-order valence-corrected chi connectivity index (χ1v) is 9.01. The van der Waals surface area contributed by atoms with Gasteiger partial charge in [0.25, 0.3) is 0 Å². The van der Waals surface area contributed by atoms with Gasteiger partial charge in [-0.3, -0.25) is 14.4 Å². The highest BCUT2D eigenvalue weighted by Crippen LogP contribution is 2.20. The normalized spacial score (nSPS) is 10.8. The van der Waals surface area contributed by atoms with Gasteiger partial charge in [-0.2, -0.15) is 5.10 Å². The fraction of sp³-hybridized carbons (Fsp3) is 0.200. The third kappa shape index (κ3) is 6.93. The number of hydrazone groups is 1. The summed E-state index contributed by atoms with van der Waals surface area (Å²) in [4.78, 5) is 35.9. The zero-order valence-corrected chi connectivity index (χ0v) is 17.0. The monoisotopic (exact) mass is 416 g/mol. The predicted octanol–water partition coefficient (Wildman–Crippen LogP) is 3.12. The van der Waals surface area contributed by atoms with Crippen LogP contribution in [0.15, 0.2) is 47.6 Å². The summed E-state index contributed by atoms with van der Waals surface area (Å²) in [6.07, 6.45) is -0.0628. The molecule has 0 aliphatic heterocycles. The van der Waals surface area contributed by atoms with E-state index in [1.54, 1.807) is 49.4 Å². The number of nitrogens with zero attached hydrogens (tertiary/aromatic N) is 1. The van der Waals surface area contributed by atoms with Crippen LogP contribution >= 0.6 is 11.6 Å². The molecule has 0 saturated heterocycles. The van der Waals surface area contributed by atoms with Crippen LogP contribution in [-0.4, -0.2) is 30.5 Å². The number of nitrogens with one attached hydrogen (secondary N) is 3. The van der Waals surface area contributed by atoms with Gasteiger partial charge in [-0.05, 0) is 43.7 Å². The molecule has 2 rings (SSSR count). The molecule has 0 fully saturated rings. The third-order valence-electron chi connectivity index (χ3n) is 3.75. The summed E-state index contributed by atoms with van der Waals surface area (Å²) in [5.41, 5.74) is 4.25. The van der Waals surface area contributed by atoms with Crippen molar-refractivity contribution in [2.24, 2.45) is 5.10 Å². The topological polar surface area (TPSA) is 109 Å². The summed E-state index contributed by atoms with van der Waals surface area (Å²) in [6.45, 7) is 3.38. The number of carbonyl (C=O) groups is 3. The highest BCUT2D eigenvalue weighted by Gasteiger charge is 2.14. The number of aryl methyl sites for hydroxylation is 1. The molecule has 3 N–H and O–H groups in total. The Bertz CT molecular complexity index is 959. The van der Waals surface area contributed by atoms with Gasteiger partial charge in [-0.25, -0.2) is 5.43 Å². The van der Waals surface area contributed by atoms with E-state index in [0.717, 1.165) is 5.56 Å². The molecule has 9 heteroatoms. The molecule has 8 nitrogen and oxygen atoms in total. The Morgan fingerprint density at radius 3 is 2.45 bits per heavy atom. The van der Waals surface area contributed by atoms with Gasteiger partial charge in [0.05, 0.1) is 13.5 Å². The molecule has 0 aliphatic rings. The molecule has 3 amide bonds. The van der Waals surface area contributed by atoms with Crippen molar-refractivity contribution in [3.05, 3.63) is 53.1 Å². The van der Waals surface area contributed by atoms with E-state index in [1.807, 2.05) is 6.92 Å². The van der Waals surface area contributed by atoms with Gasteiger partial charge < -0.3 is 15.4 Å². The van der Waals surface area contributed by atoms with Crippen LogP contribution in [0, 0.1) is 6.92 Å². The minimum atomic E-state index is -0.964. The van der Waals surface area contributed by atoms with Crippen LogP contribution in [0.3, 0.4) is 0 Å². The highest BCUT2D eigenvalue weighted by atomic mass is 35.5. The number of methoxy groups -OCH3 is 1. The Hall–Kier alpha value is -3.39. The van der Waals surface area contributed by atoms with Crippen molar-refractivity contribution in [3.63, 3.8) is 0 Å². The molecule has 0 saturated carbocycles. The van der Waals surface area contributed by atoms with Gasteiger partial charge in [-0.1, -0.05) is 23.7 Å². The van der Waals surface area contributed by atoms with Gasteiger partial charge in [0, 0.05) is 28.2 Å². The van der Waals surface area contributed by atoms with Gasteiger partial charge in [0.1, 0.15) is 5.75 Å². The predicted molar refractivity (Wildman–Crippen MR) is 112 cm³/mol. The van der Waals surface area contributed by atoms with Crippen molar-refractivity contribution >= 4 is 46.4 Å². The first-order valence-electron chi connectivity index (χ1n) is 8.63. The van der Waals surface area contributed by atoms with Crippen LogP contribution in [0.5, 0.6) is 5.75 Å². The largest absolute Gasteiger partial charge is 0.497 e. The summed E-state index contributed by atoms with van der Waals surface area (Å²) in [5, 5.41) is 9.37. The fourth-order valence-corrected chi connectivity index (χ4v) is 2.41. The molecule has 29 heavy (non-hydrogen) atoms. The first-order chi connectivity index (χ1) is 13.8. The van der Waals surface area contributed by atoms with Crippen LogP contribution in [0.1, 0.15) is 18.9 Å². The summed E-state index contributed by atoms with van der Waals surface area (Å²) in [6, 6.07) is 11.8. The number of amides is 3. The van der Waals surface area contributed by atoms with E-state index in [-0.39, 0.29) is 12.3 Å². The van der Waals surface area contributed by atoms with Gasteiger partial charge >= 0.3 is 11.8 Å². The van der Waals surface area contributed by atoms with E-state index in [2.05, 4.69) is 21.2 Å². The number of anilines is 2. The zero-order chi connectivity index (χ0) is 21.4. The smallest absolute Gasteiger partial charge is 0.329 e. The van der Waals surface area contributed by atoms with Gasteiger partial charge in [-0.15, -0.1) is 0 Å². The van der Waals surface area contributed by atoms with Crippen molar-refractivity contribution in [2.45, 2.75) is 20.3 Å². The van der Waals surface area contributed by atoms with Gasteiger partial charge in [0.2, 0.25) is 5.91 Å². The van der Waals surface area contributed by atoms with E-state index in [0.29, 0.717) is 27.9 Å². The molecule has 0 unspecified atom stereocenters. The van der Waals surface area contributed by atoms with Crippen LogP contribution in [0.25, 0.3) is 0 Å². The maximum atomic E-state index is 12.1. The lowest BCUT2D eigenvalue weighted by molar-refractivity contribution is -0.136. The lowest BCUT2D eigenvalue weighted by Gasteiger charge is -2.07. The molecule has 0 atom stereocenters. The molecule has 152 valence electrons. The molecule has 0 aliphatic carbocycles. The second-order valence-corrected chi connectivity index (χ2v) is 6.57.